The monoisotopic (exact) mass is 417 g/mol. The molecule has 0 aromatic carbocycles. The van der Waals surface area contributed by atoms with Gasteiger partial charge in [-0.2, -0.15) is 18.3 Å². The lowest BCUT2D eigenvalue weighted by atomic mass is 9.98. The van der Waals surface area contributed by atoms with E-state index < -0.39 is 11.9 Å². The maximum Gasteiger partial charge on any atom is 0.433 e. The highest BCUT2D eigenvalue weighted by Gasteiger charge is 2.36. The first-order valence-electron chi connectivity index (χ1n) is 10.0. The number of nitrogens with zero attached hydrogens (tertiary/aromatic N) is 5. The third kappa shape index (κ3) is 4.01. The van der Waals surface area contributed by atoms with Crippen molar-refractivity contribution in [3.05, 3.63) is 59.3 Å². The number of likely N-dealkylation sites (tertiary alicyclic amines) is 1. The van der Waals surface area contributed by atoms with Gasteiger partial charge in [-0.05, 0) is 43.9 Å². The Balaban J connectivity index is 1.69. The normalized spacial score (nSPS) is 17.5. The molecule has 0 bridgehead atoms. The fourth-order valence-corrected chi connectivity index (χ4v) is 3.89. The van der Waals surface area contributed by atoms with Crippen molar-refractivity contribution in [3.8, 4) is 0 Å². The van der Waals surface area contributed by atoms with Gasteiger partial charge in [-0.1, -0.05) is 13.0 Å². The van der Waals surface area contributed by atoms with Crippen molar-refractivity contribution in [1.82, 2.24) is 24.5 Å². The van der Waals surface area contributed by atoms with Crippen molar-refractivity contribution < 1.29 is 18.0 Å². The van der Waals surface area contributed by atoms with Crippen molar-refractivity contribution in [3.63, 3.8) is 0 Å². The molecule has 30 heavy (non-hydrogen) atoms. The smallest absolute Gasteiger partial charge is 0.334 e. The zero-order chi connectivity index (χ0) is 21.3. The molecule has 1 aliphatic rings. The summed E-state index contributed by atoms with van der Waals surface area (Å²) in [7, 11) is 0. The van der Waals surface area contributed by atoms with E-state index in [4.69, 9.17) is 0 Å². The summed E-state index contributed by atoms with van der Waals surface area (Å²) in [6, 6.07) is 7.63. The molecule has 0 N–H and O–H groups in total. The van der Waals surface area contributed by atoms with Gasteiger partial charge in [-0.3, -0.25) is 9.78 Å². The number of hydrogen-bond acceptors (Lipinski definition) is 4. The molecule has 1 fully saturated rings. The van der Waals surface area contributed by atoms with Crippen LogP contribution in [-0.4, -0.2) is 36.9 Å². The van der Waals surface area contributed by atoms with Gasteiger partial charge in [0.25, 0.3) is 0 Å². The Labute approximate surface area is 171 Å². The SMILES string of the molecule is CCc1cc(C(F)(F)F)n2nc(C3CCCCN3C(=O)Cc3ccccn3)cc2n1. The summed E-state index contributed by atoms with van der Waals surface area (Å²) in [5.74, 6) is -0.103. The predicted octanol–water partition coefficient (Wildman–Crippen LogP) is 4.00. The molecule has 9 heteroatoms. The molecular weight excluding hydrogens is 395 g/mol. The van der Waals surface area contributed by atoms with Crippen LogP contribution in [0.3, 0.4) is 0 Å². The van der Waals surface area contributed by atoms with Crippen LogP contribution in [0.2, 0.25) is 0 Å². The summed E-state index contributed by atoms with van der Waals surface area (Å²) >= 11 is 0. The average molecular weight is 417 g/mol. The lowest BCUT2D eigenvalue weighted by molar-refractivity contribution is -0.143. The molecule has 158 valence electrons. The fraction of sp³-hybridized carbons (Fsp3) is 0.429. The molecule has 4 heterocycles. The molecule has 1 aliphatic heterocycles. The van der Waals surface area contributed by atoms with E-state index in [9.17, 15) is 18.0 Å². The molecule has 1 unspecified atom stereocenters. The molecule has 0 spiro atoms. The van der Waals surface area contributed by atoms with Crippen LogP contribution in [-0.2, 0) is 23.8 Å². The zero-order valence-corrected chi connectivity index (χ0v) is 16.6. The highest BCUT2D eigenvalue weighted by atomic mass is 19.4. The van der Waals surface area contributed by atoms with Crippen molar-refractivity contribution >= 4 is 11.6 Å². The molecule has 3 aromatic rings. The molecule has 6 nitrogen and oxygen atoms in total. The fourth-order valence-electron chi connectivity index (χ4n) is 3.89. The van der Waals surface area contributed by atoms with E-state index in [1.54, 1.807) is 36.2 Å². The number of fused-ring (bicyclic) bond motifs is 1. The van der Waals surface area contributed by atoms with Gasteiger partial charge >= 0.3 is 6.18 Å². The Morgan fingerprint density at radius 2 is 2.03 bits per heavy atom. The molecule has 1 saturated heterocycles. The van der Waals surface area contributed by atoms with Crippen LogP contribution in [0, 0.1) is 0 Å². The summed E-state index contributed by atoms with van der Waals surface area (Å²) in [6.45, 7) is 2.30. The lowest BCUT2D eigenvalue weighted by Gasteiger charge is -2.34. The number of pyridine rings is 1. The standard InChI is InChI=1S/C21H22F3N5O/c1-2-14-11-18(21(22,23)24)29-19(26-14)13-16(27-29)17-8-4-6-10-28(17)20(30)12-15-7-3-5-9-25-15/h3,5,7,9,11,13,17H,2,4,6,8,10,12H2,1H3. The van der Waals surface area contributed by atoms with Crippen LogP contribution in [0.4, 0.5) is 13.2 Å². The Morgan fingerprint density at radius 1 is 1.20 bits per heavy atom. The van der Waals surface area contributed by atoms with Crippen LogP contribution in [0.15, 0.2) is 36.5 Å². The summed E-state index contributed by atoms with van der Waals surface area (Å²) < 4.78 is 41.6. The van der Waals surface area contributed by atoms with E-state index in [2.05, 4.69) is 15.1 Å². The van der Waals surface area contributed by atoms with Crippen molar-refractivity contribution in [2.75, 3.05) is 6.54 Å². The van der Waals surface area contributed by atoms with Gasteiger partial charge in [-0.25, -0.2) is 9.50 Å². The van der Waals surface area contributed by atoms with Crippen molar-refractivity contribution in [2.24, 2.45) is 0 Å². The second kappa shape index (κ2) is 8.04. The topological polar surface area (TPSA) is 63.4 Å². The number of hydrogen-bond donors (Lipinski definition) is 0. The Bertz CT molecular complexity index is 1050. The third-order valence-electron chi connectivity index (χ3n) is 5.37. The second-order valence-electron chi connectivity index (χ2n) is 7.42. The van der Waals surface area contributed by atoms with E-state index in [0.717, 1.165) is 23.4 Å². The summed E-state index contributed by atoms with van der Waals surface area (Å²) in [5, 5.41) is 4.24. The average Bonchev–Trinajstić information content (AvgIpc) is 3.16. The Morgan fingerprint density at radius 3 is 2.73 bits per heavy atom. The molecule has 3 aromatic heterocycles. The van der Waals surface area contributed by atoms with Crippen LogP contribution >= 0.6 is 0 Å². The van der Waals surface area contributed by atoms with Crippen LogP contribution in [0.5, 0.6) is 0 Å². The molecule has 4 rings (SSSR count). The zero-order valence-electron chi connectivity index (χ0n) is 16.6. The van der Waals surface area contributed by atoms with Gasteiger partial charge in [0.2, 0.25) is 5.91 Å². The minimum atomic E-state index is -4.55. The van der Waals surface area contributed by atoms with Crippen LogP contribution in [0.25, 0.3) is 5.65 Å². The van der Waals surface area contributed by atoms with Crippen LogP contribution in [0.1, 0.15) is 55.0 Å². The van der Waals surface area contributed by atoms with Gasteiger partial charge in [0.15, 0.2) is 5.65 Å². The van der Waals surface area contributed by atoms with Gasteiger partial charge < -0.3 is 4.90 Å². The van der Waals surface area contributed by atoms with Crippen molar-refractivity contribution in [1.29, 1.82) is 0 Å². The molecule has 0 aliphatic carbocycles. The maximum atomic E-state index is 13.6. The summed E-state index contributed by atoms with van der Waals surface area (Å²) in [6.07, 6.45) is 0.00777. The second-order valence-corrected chi connectivity index (χ2v) is 7.42. The maximum absolute atomic E-state index is 13.6. The number of carbonyl (C=O) groups is 1. The lowest BCUT2D eigenvalue weighted by Crippen LogP contribution is -2.39. The third-order valence-corrected chi connectivity index (χ3v) is 5.37. The van der Waals surface area contributed by atoms with Crippen LogP contribution < -0.4 is 0 Å². The largest absolute Gasteiger partial charge is 0.433 e. The molecule has 0 saturated carbocycles. The number of rotatable bonds is 4. The van der Waals surface area contributed by atoms with Crippen molar-refractivity contribution in [2.45, 2.75) is 51.2 Å². The van der Waals surface area contributed by atoms with Gasteiger partial charge in [0.05, 0.1) is 18.2 Å². The van der Waals surface area contributed by atoms with E-state index >= 15 is 0 Å². The molecule has 1 amide bonds. The minimum absolute atomic E-state index is 0.103. The van der Waals surface area contributed by atoms with Gasteiger partial charge in [0, 0.05) is 30.2 Å². The predicted molar refractivity (Wildman–Crippen MR) is 104 cm³/mol. The number of halogens is 3. The summed E-state index contributed by atoms with van der Waals surface area (Å²) in [5.41, 5.74) is 0.760. The minimum Gasteiger partial charge on any atom is -0.334 e. The highest BCUT2D eigenvalue weighted by molar-refractivity contribution is 5.79. The van der Waals surface area contributed by atoms with E-state index in [1.165, 1.54) is 0 Å². The Kier molecular flexibility index (Phi) is 5.44. The first kappa shape index (κ1) is 20.3. The van der Waals surface area contributed by atoms with Gasteiger partial charge in [0.1, 0.15) is 5.69 Å². The number of aromatic nitrogens is 4. The first-order chi connectivity index (χ1) is 14.4. The highest BCUT2D eigenvalue weighted by Crippen LogP contribution is 2.34. The molecule has 0 radical (unpaired) electrons. The number of piperidine rings is 1. The van der Waals surface area contributed by atoms with E-state index in [0.29, 0.717) is 36.5 Å². The van der Waals surface area contributed by atoms with Gasteiger partial charge in [-0.15, -0.1) is 0 Å². The Hall–Kier alpha value is -2.97. The number of amides is 1. The number of alkyl halides is 3. The van der Waals surface area contributed by atoms with E-state index in [-0.39, 0.29) is 24.0 Å². The first-order valence-corrected chi connectivity index (χ1v) is 10.0. The number of carbonyl (C=O) groups excluding carboxylic acids is 1. The molecular formula is C21H22F3N5O. The summed E-state index contributed by atoms with van der Waals surface area (Å²) in [4.78, 5) is 23.2. The molecule has 1 atom stereocenters. The van der Waals surface area contributed by atoms with E-state index in [1.807, 2.05) is 6.07 Å². The number of aryl methyl sites for hydroxylation is 1. The quantitative estimate of drug-likeness (QED) is 0.644.